The minimum Gasteiger partial charge on any atom is -0.297 e. The summed E-state index contributed by atoms with van der Waals surface area (Å²) in [6.07, 6.45) is 31.0. The average molecular weight is 1120 g/mol. The molecule has 12 aliphatic rings. The fourth-order valence-electron chi connectivity index (χ4n) is 15.9. The van der Waals surface area contributed by atoms with E-state index in [1.165, 1.54) is 65.7 Å². The fraction of sp³-hybridized carbons (Fsp3) is 0.462. The number of hydrogen-bond donors (Lipinski definition) is 0. The van der Waals surface area contributed by atoms with Crippen molar-refractivity contribution in [3.63, 3.8) is 0 Å². The molecule has 0 amide bonds. The summed E-state index contributed by atoms with van der Waals surface area (Å²) in [5.41, 5.74) is 21.2. The summed E-state index contributed by atoms with van der Waals surface area (Å²) >= 11 is 0. The topological polar surface area (TPSA) is 235 Å². The lowest BCUT2D eigenvalue weighted by atomic mass is 9.71. The Morgan fingerprint density at radius 3 is 1.54 bits per heavy atom. The highest BCUT2D eigenvalue weighted by Gasteiger charge is 2.60. The number of ketones is 1. The standard InChI is InChI=1S/C24H24N4O.C21H21N5O2S.C20H16N4O/c1-13(2)21(22(29)15-9-14(10-15)11-25)28-12-17-16-5-8-26-19-4-3-18(20(16)19)24(6-7-24)23(17)27-28;1-2-29(27,28)25-12-20(13-25,8-9-22)26-11-15-14-5-10-23-17-4-3-16(18(14)17)21(6-7-21)19(15)24-26;21-9-11-7-12(8-11)19(25)24-10-14-13-3-6-22-16-2-1-15(17(13)16)20(4-5-20)18(14)23-24/h3,5,8,12-15,21H,4,6-7,9-10H2,1-2H3;3,5,10-11H,2,4,6-8,12-13H2,1H3;1,3,6,10-12H,2,4-5,7-8H2. The van der Waals surface area contributed by atoms with E-state index in [9.17, 15) is 23.3 Å². The van der Waals surface area contributed by atoms with Crippen LogP contribution in [0.1, 0.15) is 153 Å². The third-order valence-electron chi connectivity index (χ3n) is 21.0. The molecule has 6 aromatic heterocycles. The molecule has 5 saturated carbocycles. The SMILES string of the molecule is CC(C)C(C(=O)C1CC(C#N)C1)n1cc2c(n1)C1(CC1)C1=CCc3nccc-2c31.CCS(=O)(=O)N1CC(CC#N)(n2cc3c(n2)C2(CC2)C2=CCc4nccc-3c42)C1.N#CC1CC(C(=O)n2cc3c(n2)C2(CC2)C2=CCc4nccc-3c42)C1. The van der Waals surface area contributed by atoms with Gasteiger partial charge in [0.2, 0.25) is 15.9 Å². The van der Waals surface area contributed by atoms with Gasteiger partial charge in [-0.25, -0.2) is 13.1 Å². The predicted octanol–water partition coefficient (Wildman–Crippen LogP) is 9.57. The van der Waals surface area contributed by atoms with Crippen molar-refractivity contribution in [2.75, 3.05) is 18.8 Å². The number of rotatable bonds is 9. The molecule has 17 nitrogen and oxygen atoms in total. The first kappa shape index (κ1) is 50.7. The second-order valence-electron chi connectivity index (χ2n) is 25.9. The van der Waals surface area contributed by atoms with E-state index in [0.717, 1.165) is 97.4 Å². The molecule has 7 heterocycles. The molecule has 0 N–H and O–H groups in total. The van der Waals surface area contributed by atoms with Crippen molar-refractivity contribution < 1.29 is 18.0 Å². The molecule has 11 aliphatic carbocycles. The number of hydrogen-bond acceptors (Lipinski definition) is 13. The smallest absolute Gasteiger partial charge is 0.250 e. The van der Waals surface area contributed by atoms with E-state index in [1.807, 2.05) is 40.3 Å². The van der Waals surface area contributed by atoms with Crippen LogP contribution in [0.3, 0.4) is 0 Å². The lowest BCUT2D eigenvalue weighted by Gasteiger charge is -2.47. The zero-order valence-corrected chi connectivity index (χ0v) is 47.6. The summed E-state index contributed by atoms with van der Waals surface area (Å²) in [6, 6.07) is 12.8. The van der Waals surface area contributed by atoms with Crippen molar-refractivity contribution in [3.05, 3.63) is 124 Å². The minimum absolute atomic E-state index is 0.000549. The first-order valence-corrected chi connectivity index (χ1v) is 31.4. The number of aromatic nitrogens is 9. The van der Waals surface area contributed by atoms with E-state index < -0.39 is 15.6 Å². The van der Waals surface area contributed by atoms with Crippen molar-refractivity contribution in [3.8, 4) is 51.6 Å². The van der Waals surface area contributed by atoms with Gasteiger partial charge in [-0.3, -0.25) is 33.9 Å². The number of nitriles is 3. The molecule has 0 radical (unpaired) electrons. The maximum atomic E-state index is 13.3. The number of sulfonamides is 1. The van der Waals surface area contributed by atoms with Crippen LogP contribution >= 0.6 is 0 Å². The fourth-order valence-corrected chi connectivity index (χ4v) is 17.1. The molecule has 6 fully saturated rings. The van der Waals surface area contributed by atoms with Crippen LogP contribution in [0.2, 0.25) is 0 Å². The Labute approximate surface area is 481 Å². The molecule has 18 heteroatoms. The highest BCUT2D eigenvalue weighted by atomic mass is 32.2. The van der Waals surface area contributed by atoms with Gasteiger partial charge in [0.05, 0.1) is 64.5 Å². The zero-order valence-electron chi connectivity index (χ0n) is 46.8. The first-order valence-electron chi connectivity index (χ1n) is 29.8. The highest BCUT2D eigenvalue weighted by Crippen LogP contribution is 2.67. The molecule has 1 saturated heterocycles. The molecule has 0 aromatic carbocycles. The van der Waals surface area contributed by atoms with E-state index in [4.69, 9.17) is 25.8 Å². The van der Waals surface area contributed by atoms with Gasteiger partial charge in [0.15, 0.2) is 5.78 Å². The number of nitrogens with zero attached hydrogens (tertiary/aromatic N) is 13. The number of fused-ring (bicyclic) bond motifs is 12. The molecule has 1 aliphatic heterocycles. The second kappa shape index (κ2) is 17.5. The molecule has 6 aromatic rings. The maximum absolute atomic E-state index is 13.3. The van der Waals surface area contributed by atoms with E-state index >= 15 is 0 Å². The monoisotopic (exact) mass is 1120 g/mol. The molecular formula is C65H61N13O4S. The number of carbonyl (C=O) groups is 2. The van der Waals surface area contributed by atoms with E-state index in [-0.39, 0.29) is 75.7 Å². The van der Waals surface area contributed by atoms with Gasteiger partial charge in [-0.15, -0.1) is 0 Å². The van der Waals surface area contributed by atoms with E-state index in [2.05, 4.69) is 89.6 Å². The molecule has 18 rings (SSSR count). The number of pyridine rings is 3. The van der Waals surface area contributed by atoms with Gasteiger partial charge < -0.3 is 0 Å². The van der Waals surface area contributed by atoms with Crippen LogP contribution in [-0.2, 0) is 55.9 Å². The summed E-state index contributed by atoms with van der Waals surface area (Å²) in [4.78, 5) is 39.8. The third-order valence-corrected chi connectivity index (χ3v) is 22.8. The van der Waals surface area contributed by atoms with Crippen molar-refractivity contribution in [2.24, 2.45) is 29.6 Å². The molecule has 83 heavy (non-hydrogen) atoms. The van der Waals surface area contributed by atoms with Crippen LogP contribution < -0.4 is 0 Å². The third kappa shape index (κ3) is 7.07. The lowest BCUT2D eigenvalue weighted by molar-refractivity contribution is -0.131. The van der Waals surface area contributed by atoms with Crippen molar-refractivity contribution in [2.45, 2.75) is 138 Å². The van der Waals surface area contributed by atoms with Crippen LogP contribution in [0.5, 0.6) is 0 Å². The number of Topliss-reactive ketones (excluding diaryl/α,β-unsaturated/α-hetero) is 1. The first-order chi connectivity index (χ1) is 40.2. The van der Waals surface area contributed by atoms with Crippen LogP contribution in [0.25, 0.3) is 50.1 Å². The van der Waals surface area contributed by atoms with Crippen molar-refractivity contribution in [1.29, 1.82) is 15.8 Å². The highest BCUT2D eigenvalue weighted by molar-refractivity contribution is 7.89. The predicted molar refractivity (Wildman–Crippen MR) is 307 cm³/mol. The van der Waals surface area contributed by atoms with E-state index in [1.54, 1.807) is 11.6 Å². The molecule has 1 unspecified atom stereocenters. The minimum atomic E-state index is -3.26. The zero-order chi connectivity index (χ0) is 56.7. The molecule has 416 valence electrons. The molecule has 1 atom stereocenters. The van der Waals surface area contributed by atoms with Gasteiger partial charge in [0.1, 0.15) is 11.6 Å². The largest absolute Gasteiger partial charge is 0.297 e. The van der Waals surface area contributed by atoms with Crippen molar-refractivity contribution >= 4 is 38.4 Å². The van der Waals surface area contributed by atoms with Gasteiger partial charge in [-0.05, 0) is 129 Å². The lowest BCUT2D eigenvalue weighted by Crippen LogP contribution is -2.64. The molecular weight excluding hydrogens is 1060 g/mol. The van der Waals surface area contributed by atoms with Gasteiger partial charge >= 0.3 is 0 Å². The summed E-state index contributed by atoms with van der Waals surface area (Å²) in [5, 5.41) is 42.3. The average Bonchev–Trinajstić information content (AvgIpc) is 1.63. The molecule has 3 spiro atoms. The Morgan fingerprint density at radius 2 is 1.08 bits per heavy atom. The number of allylic oxidation sites excluding steroid dienone is 6. The summed E-state index contributed by atoms with van der Waals surface area (Å²) in [7, 11) is -3.26. The summed E-state index contributed by atoms with van der Waals surface area (Å²) in [5.74, 6) is 0.535. The molecule has 0 bridgehead atoms. The van der Waals surface area contributed by atoms with Crippen LogP contribution in [-0.4, -0.2) is 87.5 Å². The van der Waals surface area contributed by atoms with Gasteiger partial charge in [0.25, 0.3) is 0 Å². The van der Waals surface area contributed by atoms with Crippen LogP contribution in [0.4, 0.5) is 0 Å². The second-order valence-corrected chi connectivity index (χ2v) is 28.2. The van der Waals surface area contributed by atoms with Crippen LogP contribution in [0, 0.1) is 63.6 Å². The maximum Gasteiger partial charge on any atom is 0.250 e. The Bertz CT molecular complexity index is 4250. The normalized spacial score (nSPS) is 24.7. The Morgan fingerprint density at radius 1 is 0.627 bits per heavy atom. The van der Waals surface area contributed by atoms with Gasteiger partial charge in [0, 0.05) is 143 Å². The summed E-state index contributed by atoms with van der Waals surface area (Å²) < 4.78 is 31.4. The Kier molecular flexibility index (Phi) is 10.7. The van der Waals surface area contributed by atoms with Crippen LogP contribution in [0.15, 0.2) is 73.6 Å². The van der Waals surface area contributed by atoms with Gasteiger partial charge in [-0.1, -0.05) is 32.1 Å². The quantitative estimate of drug-likeness (QED) is 0.131. The Hall–Kier alpha value is -7.98. The number of carbonyl (C=O) groups excluding carboxylic acids is 2. The van der Waals surface area contributed by atoms with Gasteiger partial charge in [-0.2, -0.15) is 35.4 Å². The Balaban J connectivity index is 0.000000102. The van der Waals surface area contributed by atoms with E-state index in [0.29, 0.717) is 38.8 Å². The van der Waals surface area contributed by atoms with Crippen molar-refractivity contribution in [1.82, 2.24) is 48.6 Å². The summed E-state index contributed by atoms with van der Waals surface area (Å²) in [6.45, 7) is 6.46.